The number of hydrogen-bond acceptors (Lipinski definition) is 6. The van der Waals surface area contributed by atoms with Crippen molar-refractivity contribution in [2.75, 3.05) is 44.4 Å². The number of carbonyl (C=O) groups excluding carboxylic acids is 1. The van der Waals surface area contributed by atoms with Crippen molar-refractivity contribution in [3.63, 3.8) is 0 Å². The lowest BCUT2D eigenvalue weighted by atomic mass is 9.94. The Morgan fingerprint density at radius 2 is 1.59 bits per heavy atom. The lowest BCUT2D eigenvalue weighted by Crippen LogP contribution is -2.39. The topological polar surface area (TPSA) is 84.7 Å². The van der Waals surface area contributed by atoms with Crippen LogP contribution >= 0.6 is 0 Å². The number of sulfone groups is 1. The number of anilines is 1. The Hall–Kier alpha value is -3.17. The molecule has 9 heteroatoms. The molecule has 3 aliphatic rings. The molecular weight excluding hydrogens is 488 g/mol. The van der Waals surface area contributed by atoms with E-state index in [9.17, 15) is 13.2 Å². The van der Waals surface area contributed by atoms with Gasteiger partial charge < -0.3 is 14.5 Å². The molecule has 37 heavy (non-hydrogen) atoms. The third-order valence-corrected chi connectivity index (χ3v) is 9.05. The Morgan fingerprint density at radius 3 is 2.19 bits per heavy atom. The summed E-state index contributed by atoms with van der Waals surface area (Å²) in [5.41, 5.74) is 3.80. The minimum absolute atomic E-state index is 0.0285. The SMILES string of the molecule is COc1ccc(-n2nc(S(C)(=O)=O)c3c2C(=O)N(c2ccc(C4(CN5CCCC5)CC4)cc2)CC3)cc1. The number of likely N-dealkylation sites (tertiary alicyclic amines) is 1. The molecule has 0 unspecified atom stereocenters. The molecule has 3 heterocycles. The molecule has 6 rings (SSSR count). The fourth-order valence-electron chi connectivity index (χ4n) is 5.84. The number of methoxy groups -OCH3 is 1. The average molecular weight is 521 g/mol. The van der Waals surface area contributed by atoms with Gasteiger partial charge in [0.2, 0.25) is 0 Å². The largest absolute Gasteiger partial charge is 0.497 e. The van der Waals surface area contributed by atoms with Crippen LogP contribution < -0.4 is 9.64 Å². The second kappa shape index (κ2) is 8.99. The third-order valence-electron chi connectivity index (χ3n) is 8.02. The molecule has 3 aromatic rings. The van der Waals surface area contributed by atoms with Crippen molar-refractivity contribution in [3.05, 3.63) is 65.4 Å². The first-order valence-corrected chi connectivity index (χ1v) is 14.8. The zero-order valence-corrected chi connectivity index (χ0v) is 22.1. The Labute approximate surface area is 217 Å². The van der Waals surface area contributed by atoms with Gasteiger partial charge >= 0.3 is 0 Å². The lowest BCUT2D eigenvalue weighted by molar-refractivity contribution is 0.0973. The maximum Gasteiger partial charge on any atom is 0.277 e. The summed E-state index contributed by atoms with van der Waals surface area (Å²) in [6.45, 7) is 3.91. The Bertz CT molecular complexity index is 1430. The van der Waals surface area contributed by atoms with Gasteiger partial charge in [0.1, 0.15) is 11.4 Å². The van der Waals surface area contributed by atoms with Crippen LogP contribution in [0.15, 0.2) is 53.6 Å². The summed E-state index contributed by atoms with van der Waals surface area (Å²) in [6.07, 6.45) is 6.57. The zero-order valence-electron chi connectivity index (χ0n) is 21.3. The first kappa shape index (κ1) is 24.2. The number of aromatic nitrogens is 2. The Kier molecular flexibility index (Phi) is 5.88. The number of hydrogen-bond donors (Lipinski definition) is 0. The number of rotatable bonds is 7. The van der Waals surface area contributed by atoms with Gasteiger partial charge in [-0.15, -0.1) is 0 Å². The lowest BCUT2D eigenvalue weighted by Gasteiger charge is -2.28. The number of benzene rings is 2. The van der Waals surface area contributed by atoms with E-state index in [1.165, 1.54) is 49.0 Å². The summed E-state index contributed by atoms with van der Waals surface area (Å²) in [6, 6.07) is 15.5. The fraction of sp³-hybridized carbons (Fsp3) is 0.429. The second-order valence-corrected chi connectivity index (χ2v) is 12.5. The zero-order chi connectivity index (χ0) is 25.8. The van der Waals surface area contributed by atoms with E-state index < -0.39 is 9.84 Å². The van der Waals surface area contributed by atoms with Gasteiger partial charge in [-0.2, -0.15) is 5.10 Å². The van der Waals surface area contributed by atoms with Crippen LogP contribution in [0, 0.1) is 0 Å². The molecule has 2 aliphatic heterocycles. The summed E-state index contributed by atoms with van der Waals surface area (Å²) in [4.78, 5) is 18.2. The van der Waals surface area contributed by atoms with E-state index in [0.717, 1.165) is 18.5 Å². The van der Waals surface area contributed by atoms with Crippen molar-refractivity contribution in [3.8, 4) is 11.4 Å². The van der Waals surface area contributed by atoms with Crippen LogP contribution in [0.4, 0.5) is 5.69 Å². The molecule has 8 nitrogen and oxygen atoms in total. The average Bonchev–Trinajstić information content (AvgIpc) is 3.29. The smallest absolute Gasteiger partial charge is 0.277 e. The normalized spacial score (nSPS) is 19.2. The Balaban J connectivity index is 1.32. The monoisotopic (exact) mass is 520 g/mol. The second-order valence-electron chi connectivity index (χ2n) is 10.5. The first-order chi connectivity index (χ1) is 17.8. The quantitative estimate of drug-likeness (QED) is 0.473. The van der Waals surface area contributed by atoms with Gasteiger partial charge in [-0.1, -0.05) is 12.1 Å². The summed E-state index contributed by atoms with van der Waals surface area (Å²) >= 11 is 0. The molecule has 2 aromatic carbocycles. The van der Waals surface area contributed by atoms with Gasteiger partial charge in [0.05, 0.1) is 12.8 Å². The summed E-state index contributed by atoms with van der Waals surface area (Å²) in [5, 5.41) is 4.38. The van der Waals surface area contributed by atoms with Crippen LogP contribution in [0.1, 0.15) is 47.3 Å². The first-order valence-electron chi connectivity index (χ1n) is 12.9. The summed E-state index contributed by atoms with van der Waals surface area (Å²) in [5.74, 6) is 0.421. The standard InChI is InChI=1S/C28H32N4O4S/c1-36-23-11-9-22(10-12-23)32-25-24(26(29-32)37(2,34)35)13-18-31(27(25)33)21-7-5-20(6-8-21)28(14-15-28)19-30-16-3-4-17-30/h5-12H,3-4,13-19H2,1-2H3. The number of carbonyl (C=O) groups is 1. The van der Waals surface area contributed by atoms with E-state index in [0.29, 0.717) is 35.7 Å². The highest BCUT2D eigenvalue weighted by molar-refractivity contribution is 7.90. The van der Waals surface area contributed by atoms with Crippen LogP contribution in [-0.4, -0.2) is 68.5 Å². The van der Waals surface area contributed by atoms with Crippen LogP contribution in [0.2, 0.25) is 0 Å². The molecule has 1 aromatic heterocycles. The molecule has 194 valence electrons. The van der Waals surface area contributed by atoms with Crippen molar-refractivity contribution >= 4 is 21.4 Å². The molecule has 1 aliphatic carbocycles. The van der Waals surface area contributed by atoms with Crippen molar-refractivity contribution in [1.82, 2.24) is 14.7 Å². The van der Waals surface area contributed by atoms with Crippen LogP contribution in [0.25, 0.3) is 5.69 Å². The molecule has 0 radical (unpaired) electrons. The molecule has 0 N–H and O–H groups in total. The molecule has 2 fully saturated rings. The third kappa shape index (κ3) is 4.34. The van der Waals surface area contributed by atoms with Crippen LogP contribution in [0.3, 0.4) is 0 Å². The molecule has 1 amide bonds. The number of amides is 1. The highest BCUT2D eigenvalue weighted by Crippen LogP contribution is 2.49. The van der Waals surface area contributed by atoms with Gasteiger partial charge in [-0.25, -0.2) is 13.1 Å². The molecule has 0 atom stereocenters. The van der Waals surface area contributed by atoms with E-state index in [1.54, 1.807) is 36.3 Å². The maximum absolute atomic E-state index is 13.8. The van der Waals surface area contributed by atoms with Gasteiger partial charge in [-0.05, 0) is 87.2 Å². The Morgan fingerprint density at radius 1 is 0.946 bits per heavy atom. The molecule has 0 bridgehead atoms. The summed E-state index contributed by atoms with van der Waals surface area (Å²) in [7, 11) is -2.03. The van der Waals surface area contributed by atoms with Crippen LogP contribution in [-0.2, 0) is 21.7 Å². The van der Waals surface area contributed by atoms with E-state index in [4.69, 9.17) is 4.74 Å². The van der Waals surface area contributed by atoms with Crippen molar-refractivity contribution in [2.24, 2.45) is 0 Å². The summed E-state index contributed by atoms with van der Waals surface area (Å²) < 4.78 is 31.8. The van der Waals surface area contributed by atoms with Gasteiger partial charge in [0, 0.05) is 36.0 Å². The van der Waals surface area contributed by atoms with Crippen LogP contribution in [0.5, 0.6) is 5.75 Å². The number of ether oxygens (including phenoxy) is 1. The van der Waals surface area contributed by atoms with Gasteiger partial charge in [0.15, 0.2) is 14.9 Å². The van der Waals surface area contributed by atoms with E-state index in [-0.39, 0.29) is 16.3 Å². The number of nitrogens with zero attached hydrogens (tertiary/aromatic N) is 4. The molecular formula is C28H32N4O4S. The molecule has 1 saturated heterocycles. The molecule has 0 spiro atoms. The van der Waals surface area contributed by atoms with E-state index in [1.807, 2.05) is 12.1 Å². The van der Waals surface area contributed by atoms with Crippen molar-refractivity contribution < 1.29 is 17.9 Å². The van der Waals surface area contributed by atoms with Crippen molar-refractivity contribution in [1.29, 1.82) is 0 Å². The predicted molar refractivity (Wildman–Crippen MR) is 142 cm³/mol. The number of fused-ring (bicyclic) bond motifs is 1. The fourth-order valence-corrected chi connectivity index (χ4v) is 6.71. The van der Waals surface area contributed by atoms with Gasteiger partial charge in [-0.3, -0.25) is 4.79 Å². The molecule has 1 saturated carbocycles. The van der Waals surface area contributed by atoms with E-state index >= 15 is 0 Å². The maximum atomic E-state index is 13.8. The van der Waals surface area contributed by atoms with Gasteiger partial charge in [0.25, 0.3) is 5.91 Å². The van der Waals surface area contributed by atoms with E-state index in [2.05, 4.69) is 22.1 Å². The van der Waals surface area contributed by atoms with Crippen molar-refractivity contribution in [2.45, 2.75) is 42.5 Å². The predicted octanol–water partition coefficient (Wildman–Crippen LogP) is 3.61. The minimum atomic E-state index is -3.61. The highest BCUT2D eigenvalue weighted by Gasteiger charge is 2.45. The minimum Gasteiger partial charge on any atom is -0.497 e. The highest BCUT2D eigenvalue weighted by atomic mass is 32.2.